The number of anilines is 1. The van der Waals surface area contributed by atoms with E-state index in [9.17, 15) is 13.2 Å². The molecule has 7 nitrogen and oxygen atoms in total. The zero-order valence-electron chi connectivity index (χ0n) is 17.2. The predicted molar refractivity (Wildman–Crippen MR) is 123 cm³/mol. The second kappa shape index (κ2) is 9.49. The highest BCUT2D eigenvalue weighted by Gasteiger charge is 2.15. The highest BCUT2D eigenvalue weighted by atomic mass is 32.2. The summed E-state index contributed by atoms with van der Waals surface area (Å²) >= 11 is 0. The fourth-order valence-electron chi connectivity index (χ4n) is 3.14. The average Bonchev–Trinajstić information content (AvgIpc) is 3.29. The van der Waals surface area contributed by atoms with Crippen molar-refractivity contribution >= 4 is 21.6 Å². The van der Waals surface area contributed by atoms with Gasteiger partial charge in [-0.15, -0.1) is 0 Å². The fraction of sp³-hybridized carbons (Fsp3) is 0.0833. The van der Waals surface area contributed by atoms with Gasteiger partial charge in [-0.25, -0.2) is 13.1 Å². The first kappa shape index (κ1) is 21.3. The standard InChI is InChI=1S/C24H22N4O3S/c29-24(25-16-15-19-17-26-28(18-19)22-9-5-2-6-10-22)20-11-13-23(14-12-20)32(30,31)27-21-7-3-1-4-8-21/h1-14,17-18,27H,15-16H2,(H,25,29). The largest absolute Gasteiger partial charge is 0.352 e. The van der Waals surface area contributed by atoms with Crippen molar-refractivity contribution in [3.8, 4) is 5.69 Å². The van der Waals surface area contributed by atoms with Gasteiger partial charge in [-0.1, -0.05) is 36.4 Å². The molecule has 0 atom stereocenters. The number of nitrogens with one attached hydrogen (secondary N) is 2. The van der Waals surface area contributed by atoms with Gasteiger partial charge in [0.05, 0.1) is 16.8 Å². The van der Waals surface area contributed by atoms with Crippen LogP contribution in [0.3, 0.4) is 0 Å². The summed E-state index contributed by atoms with van der Waals surface area (Å²) < 4.78 is 29.3. The van der Waals surface area contributed by atoms with E-state index in [0.717, 1.165) is 11.3 Å². The van der Waals surface area contributed by atoms with Crippen molar-refractivity contribution in [2.24, 2.45) is 0 Å². The number of carbonyl (C=O) groups is 1. The van der Waals surface area contributed by atoms with Gasteiger partial charge < -0.3 is 5.32 Å². The van der Waals surface area contributed by atoms with E-state index in [-0.39, 0.29) is 10.8 Å². The Hall–Kier alpha value is -3.91. The summed E-state index contributed by atoms with van der Waals surface area (Å²) in [5.41, 5.74) is 2.84. The summed E-state index contributed by atoms with van der Waals surface area (Å²) in [5.74, 6) is -0.264. The quantitative estimate of drug-likeness (QED) is 0.432. The summed E-state index contributed by atoms with van der Waals surface area (Å²) in [7, 11) is -3.72. The molecule has 1 heterocycles. The molecule has 4 aromatic rings. The first-order valence-electron chi connectivity index (χ1n) is 10.1. The minimum Gasteiger partial charge on any atom is -0.352 e. The highest BCUT2D eigenvalue weighted by Crippen LogP contribution is 2.16. The molecule has 0 fully saturated rings. The average molecular weight is 447 g/mol. The van der Waals surface area contributed by atoms with Crippen LogP contribution in [0.25, 0.3) is 5.69 Å². The number of amides is 1. The van der Waals surface area contributed by atoms with Crippen LogP contribution in [0, 0.1) is 0 Å². The lowest BCUT2D eigenvalue weighted by Crippen LogP contribution is -2.25. The Labute approximate surface area is 186 Å². The maximum atomic E-state index is 12.5. The Bertz CT molecular complexity index is 1290. The molecule has 162 valence electrons. The summed E-state index contributed by atoms with van der Waals surface area (Å²) in [5, 5.41) is 7.20. The molecule has 1 aromatic heterocycles. The maximum Gasteiger partial charge on any atom is 0.261 e. The number of sulfonamides is 1. The molecule has 1 amide bonds. The maximum absolute atomic E-state index is 12.5. The van der Waals surface area contributed by atoms with Gasteiger partial charge in [-0.3, -0.25) is 9.52 Å². The molecule has 0 bridgehead atoms. The molecule has 32 heavy (non-hydrogen) atoms. The van der Waals surface area contributed by atoms with E-state index < -0.39 is 10.0 Å². The van der Waals surface area contributed by atoms with Crippen molar-refractivity contribution in [1.82, 2.24) is 15.1 Å². The van der Waals surface area contributed by atoms with Crippen molar-refractivity contribution in [3.05, 3.63) is 108 Å². The summed E-state index contributed by atoms with van der Waals surface area (Å²) in [6, 6.07) is 24.3. The number of hydrogen-bond acceptors (Lipinski definition) is 4. The van der Waals surface area contributed by atoms with Gasteiger partial charge in [0.2, 0.25) is 0 Å². The molecule has 4 rings (SSSR count). The monoisotopic (exact) mass is 446 g/mol. The molecule has 0 aliphatic heterocycles. The smallest absolute Gasteiger partial charge is 0.261 e. The van der Waals surface area contributed by atoms with E-state index in [1.54, 1.807) is 41.2 Å². The SMILES string of the molecule is O=C(NCCc1cnn(-c2ccccc2)c1)c1ccc(S(=O)(=O)Nc2ccccc2)cc1. The van der Waals surface area contributed by atoms with E-state index >= 15 is 0 Å². The Morgan fingerprint density at radius 3 is 2.22 bits per heavy atom. The van der Waals surface area contributed by atoms with E-state index in [1.807, 2.05) is 36.5 Å². The normalized spacial score (nSPS) is 11.1. The van der Waals surface area contributed by atoms with E-state index in [0.29, 0.717) is 24.2 Å². The van der Waals surface area contributed by atoms with Gasteiger partial charge in [0, 0.05) is 24.0 Å². The van der Waals surface area contributed by atoms with Crippen molar-refractivity contribution in [2.75, 3.05) is 11.3 Å². The third-order valence-corrected chi connectivity index (χ3v) is 6.21. The molecule has 0 saturated heterocycles. The lowest BCUT2D eigenvalue weighted by Gasteiger charge is -2.09. The number of benzene rings is 3. The summed E-state index contributed by atoms with van der Waals surface area (Å²) in [6.07, 6.45) is 4.34. The van der Waals surface area contributed by atoms with Crippen LogP contribution in [0.15, 0.2) is 102 Å². The van der Waals surface area contributed by atoms with Gasteiger partial charge in [0.25, 0.3) is 15.9 Å². The van der Waals surface area contributed by atoms with Crippen LogP contribution in [0.2, 0.25) is 0 Å². The Morgan fingerprint density at radius 1 is 0.875 bits per heavy atom. The lowest BCUT2D eigenvalue weighted by molar-refractivity contribution is 0.0954. The van der Waals surface area contributed by atoms with Crippen molar-refractivity contribution in [2.45, 2.75) is 11.3 Å². The van der Waals surface area contributed by atoms with Gasteiger partial charge in [0.15, 0.2) is 0 Å². The van der Waals surface area contributed by atoms with E-state index in [2.05, 4.69) is 15.1 Å². The first-order valence-corrected chi connectivity index (χ1v) is 11.5. The summed E-state index contributed by atoms with van der Waals surface area (Å²) in [4.78, 5) is 12.5. The predicted octanol–water partition coefficient (Wildman–Crippen LogP) is 3.65. The van der Waals surface area contributed by atoms with Crippen LogP contribution in [-0.2, 0) is 16.4 Å². The number of rotatable bonds is 8. The molecular weight excluding hydrogens is 424 g/mol. The van der Waals surface area contributed by atoms with Crippen LogP contribution < -0.4 is 10.0 Å². The molecule has 0 saturated carbocycles. The molecule has 0 aliphatic carbocycles. The van der Waals surface area contributed by atoms with Crippen LogP contribution in [0.1, 0.15) is 15.9 Å². The van der Waals surface area contributed by atoms with Gasteiger partial charge in [-0.05, 0) is 60.5 Å². The van der Waals surface area contributed by atoms with Crippen molar-refractivity contribution < 1.29 is 13.2 Å². The van der Waals surface area contributed by atoms with Crippen molar-refractivity contribution in [3.63, 3.8) is 0 Å². The van der Waals surface area contributed by atoms with Crippen molar-refractivity contribution in [1.29, 1.82) is 0 Å². The van der Waals surface area contributed by atoms with E-state index in [1.165, 1.54) is 24.3 Å². The molecule has 8 heteroatoms. The highest BCUT2D eigenvalue weighted by molar-refractivity contribution is 7.92. The molecule has 0 spiro atoms. The molecule has 0 aliphatic rings. The third kappa shape index (κ3) is 5.22. The van der Waals surface area contributed by atoms with Gasteiger partial charge in [0.1, 0.15) is 0 Å². The minimum atomic E-state index is -3.72. The molecule has 0 radical (unpaired) electrons. The fourth-order valence-corrected chi connectivity index (χ4v) is 4.20. The Balaban J connectivity index is 1.32. The Kier molecular flexibility index (Phi) is 6.32. The lowest BCUT2D eigenvalue weighted by atomic mass is 10.2. The zero-order chi connectivity index (χ0) is 22.4. The number of nitrogens with zero attached hydrogens (tertiary/aromatic N) is 2. The number of carbonyl (C=O) groups excluding carboxylic acids is 1. The van der Waals surface area contributed by atoms with Gasteiger partial charge in [-0.2, -0.15) is 5.10 Å². The van der Waals surface area contributed by atoms with Crippen LogP contribution >= 0.6 is 0 Å². The number of para-hydroxylation sites is 2. The van der Waals surface area contributed by atoms with Crippen LogP contribution in [0.5, 0.6) is 0 Å². The molecule has 0 unspecified atom stereocenters. The van der Waals surface area contributed by atoms with Crippen LogP contribution in [-0.4, -0.2) is 30.7 Å². The Morgan fingerprint density at radius 2 is 1.53 bits per heavy atom. The van der Waals surface area contributed by atoms with E-state index in [4.69, 9.17) is 0 Å². The minimum absolute atomic E-state index is 0.0891. The zero-order valence-corrected chi connectivity index (χ0v) is 18.0. The third-order valence-electron chi connectivity index (χ3n) is 4.81. The number of aromatic nitrogens is 2. The second-order valence-corrected chi connectivity index (χ2v) is 8.81. The summed E-state index contributed by atoms with van der Waals surface area (Å²) in [6.45, 7) is 0.439. The topological polar surface area (TPSA) is 93.1 Å². The van der Waals surface area contributed by atoms with Crippen LogP contribution in [0.4, 0.5) is 5.69 Å². The molecule has 2 N–H and O–H groups in total. The molecular formula is C24H22N4O3S. The molecule has 3 aromatic carbocycles. The van der Waals surface area contributed by atoms with Gasteiger partial charge >= 0.3 is 0 Å². The first-order chi connectivity index (χ1) is 15.5. The number of hydrogen-bond donors (Lipinski definition) is 2. The second-order valence-electron chi connectivity index (χ2n) is 7.13.